The van der Waals surface area contributed by atoms with Gasteiger partial charge in [0.2, 0.25) is 5.91 Å². The molecule has 2 aliphatic heterocycles. The van der Waals surface area contributed by atoms with Crippen LogP contribution in [0.4, 0.5) is 4.39 Å². The lowest BCUT2D eigenvalue weighted by Crippen LogP contribution is -2.54. The maximum atomic E-state index is 13.4. The molecule has 0 radical (unpaired) electrons. The van der Waals surface area contributed by atoms with Gasteiger partial charge in [-0.1, -0.05) is 15.9 Å². The van der Waals surface area contributed by atoms with Crippen LogP contribution in [-0.2, 0) is 11.3 Å². The average molecular weight is 341 g/mol. The third-order valence-electron chi connectivity index (χ3n) is 4.37. The summed E-state index contributed by atoms with van der Waals surface area (Å²) in [6.07, 6.45) is 2.57. The second-order valence-corrected chi connectivity index (χ2v) is 6.47. The number of halogens is 2. The molecule has 0 saturated carbocycles. The van der Waals surface area contributed by atoms with Gasteiger partial charge in [0.05, 0.1) is 0 Å². The number of amides is 1. The van der Waals surface area contributed by atoms with Crippen molar-refractivity contribution in [3.05, 3.63) is 34.1 Å². The van der Waals surface area contributed by atoms with E-state index in [2.05, 4.69) is 21.2 Å². The number of nitrogens with zero attached hydrogens (tertiary/aromatic N) is 1. The van der Waals surface area contributed by atoms with Crippen molar-refractivity contribution in [1.29, 1.82) is 0 Å². The van der Waals surface area contributed by atoms with E-state index >= 15 is 0 Å². The monoisotopic (exact) mass is 340 g/mol. The Morgan fingerprint density at radius 3 is 3.10 bits per heavy atom. The Morgan fingerprint density at radius 1 is 1.40 bits per heavy atom. The molecule has 2 aliphatic rings. The Morgan fingerprint density at radius 2 is 2.25 bits per heavy atom. The van der Waals surface area contributed by atoms with Crippen molar-refractivity contribution in [2.45, 2.75) is 31.8 Å². The lowest BCUT2D eigenvalue weighted by atomic mass is 9.84. The Labute approximate surface area is 126 Å². The van der Waals surface area contributed by atoms with E-state index in [4.69, 9.17) is 0 Å². The fourth-order valence-corrected chi connectivity index (χ4v) is 3.68. The smallest absolute Gasteiger partial charge is 0.223 e. The Bertz CT molecular complexity index is 523. The van der Waals surface area contributed by atoms with Crippen LogP contribution in [0.25, 0.3) is 0 Å². The van der Waals surface area contributed by atoms with E-state index < -0.39 is 0 Å². The molecular weight excluding hydrogens is 323 g/mol. The van der Waals surface area contributed by atoms with Crippen molar-refractivity contribution in [2.24, 2.45) is 5.92 Å². The lowest BCUT2D eigenvalue weighted by Gasteiger charge is -2.44. The standard InChI is InChI=1S/C15H18BrFN2O/c16-13-3-2-12(17)7-11(13)9-19-14-5-6-18-8-10(14)1-4-15(19)20/h2-3,7,10,14,18H,1,4-6,8-9H2. The maximum absolute atomic E-state index is 13.4. The first kappa shape index (κ1) is 14.0. The third-order valence-corrected chi connectivity index (χ3v) is 5.14. The van der Waals surface area contributed by atoms with Crippen LogP contribution in [0.3, 0.4) is 0 Å². The van der Waals surface area contributed by atoms with Crippen molar-refractivity contribution in [3.8, 4) is 0 Å². The largest absolute Gasteiger partial charge is 0.335 e. The highest BCUT2D eigenvalue weighted by Crippen LogP contribution is 2.31. The molecule has 0 spiro atoms. The topological polar surface area (TPSA) is 32.3 Å². The summed E-state index contributed by atoms with van der Waals surface area (Å²) < 4.78 is 14.3. The van der Waals surface area contributed by atoms with Crippen molar-refractivity contribution in [3.63, 3.8) is 0 Å². The lowest BCUT2D eigenvalue weighted by molar-refractivity contribution is -0.140. The van der Waals surface area contributed by atoms with Crippen LogP contribution in [0.1, 0.15) is 24.8 Å². The van der Waals surface area contributed by atoms with Crippen molar-refractivity contribution >= 4 is 21.8 Å². The van der Waals surface area contributed by atoms with Crippen LogP contribution in [0.5, 0.6) is 0 Å². The molecule has 108 valence electrons. The molecule has 1 aromatic carbocycles. The van der Waals surface area contributed by atoms with Crippen LogP contribution in [0, 0.1) is 11.7 Å². The summed E-state index contributed by atoms with van der Waals surface area (Å²) in [7, 11) is 0. The van der Waals surface area contributed by atoms with E-state index in [-0.39, 0.29) is 11.7 Å². The zero-order chi connectivity index (χ0) is 14.1. The van der Waals surface area contributed by atoms with Crippen LogP contribution in [-0.4, -0.2) is 29.9 Å². The van der Waals surface area contributed by atoms with E-state index in [1.165, 1.54) is 12.1 Å². The first-order valence-electron chi connectivity index (χ1n) is 7.09. The molecule has 3 rings (SSSR count). The molecule has 2 heterocycles. The average Bonchev–Trinajstić information content (AvgIpc) is 2.46. The molecule has 1 aromatic rings. The van der Waals surface area contributed by atoms with Gasteiger partial charge in [0, 0.05) is 23.5 Å². The van der Waals surface area contributed by atoms with Crippen LogP contribution in [0.2, 0.25) is 0 Å². The Kier molecular flexibility index (Phi) is 4.08. The van der Waals surface area contributed by atoms with E-state index in [0.29, 0.717) is 24.9 Å². The molecule has 1 amide bonds. The van der Waals surface area contributed by atoms with Gasteiger partial charge in [0.1, 0.15) is 5.82 Å². The number of hydrogen-bond donors (Lipinski definition) is 1. The molecule has 0 aromatic heterocycles. The normalized spacial score (nSPS) is 26.5. The van der Waals surface area contributed by atoms with Gasteiger partial charge in [-0.25, -0.2) is 4.39 Å². The van der Waals surface area contributed by atoms with Gasteiger partial charge in [0.25, 0.3) is 0 Å². The van der Waals surface area contributed by atoms with Gasteiger partial charge < -0.3 is 10.2 Å². The summed E-state index contributed by atoms with van der Waals surface area (Å²) in [5, 5.41) is 3.40. The quantitative estimate of drug-likeness (QED) is 0.897. The van der Waals surface area contributed by atoms with Gasteiger partial charge in [0.15, 0.2) is 0 Å². The van der Waals surface area contributed by atoms with E-state index in [1.54, 1.807) is 6.07 Å². The van der Waals surface area contributed by atoms with E-state index in [9.17, 15) is 9.18 Å². The van der Waals surface area contributed by atoms with Crippen LogP contribution >= 0.6 is 15.9 Å². The minimum absolute atomic E-state index is 0.198. The maximum Gasteiger partial charge on any atom is 0.223 e. The summed E-state index contributed by atoms with van der Waals surface area (Å²) in [4.78, 5) is 14.2. The number of likely N-dealkylation sites (tertiary alicyclic amines) is 1. The van der Waals surface area contributed by atoms with Crippen molar-refractivity contribution in [2.75, 3.05) is 13.1 Å². The summed E-state index contributed by atoms with van der Waals surface area (Å²) in [6, 6.07) is 4.95. The predicted molar refractivity (Wildman–Crippen MR) is 78.6 cm³/mol. The molecule has 20 heavy (non-hydrogen) atoms. The van der Waals surface area contributed by atoms with Gasteiger partial charge in [-0.3, -0.25) is 4.79 Å². The molecule has 2 atom stereocenters. The van der Waals surface area contributed by atoms with E-state index in [1.807, 2.05) is 4.90 Å². The molecule has 0 aliphatic carbocycles. The number of benzene rings is 1. The Balaban J connectivity index is 1.83. The number of hydrogen-bond acceptors (Lipinski definition) is 2. The van der Waals surface area contributed by atoms with Gasteiger partial charge >= 0.3 is 0 Å². The molecule has 3 nitrogen and oxygen atoms in total. The second-order valence-electron chi connectivity index (χ2n) is 5.62. The zero-order valence-electron chi connectivity index (χ0n) is 11.2. The second kappa shape index (κ2) is 5.82. The number of carbonyl (C=O) groups excluding carboxylic acids is 1. The van der Waals surface area contributed by atoms with E-state index in [0.717, 1.165) is 36.0 Å². The van der Waals surface area contributed by atoms with Crippen LogP contribution in [0.15, 0.2) is 22.7 Å². The molecule has 2 unspecified atom stereocenters. The van der Waals surface area contributed by atoms with Gasteiger partial charge in [-0.05, 0) is 55.6 Å². The molecular formula is C15H18BrFN2O. The highest BCUT2D eigenvalue weighted by Gasteiger charge is 2.37. The minimum atomic E-state index is -0.255. The predicted octanol–water partition coefficient (Wildman–Crippen LogP) is 2.69. The SMILES string of the molecule is O=C1CCC2CNCCC2N1Cc1cc(F)ccc1Br. The summed E-state index contributed by atoms with van der Waals surface area (Å²) in [5.41, 5.74) is 0.845. The fourth-order valence-electron chi connectivity index (χ4n) is 3.30. The molecule has 5 heteroatoms. The van der Waals surface area contributed by atoms with Crippen LogP contribution < -0.4 is 5.32 Å². The van der Waals surface area contributed by atoms with Crippen molar-refractivity contribution < 1.29 is 9.18 Å². The molecule has 1 N–H and O–H groups in total. The molecule has 2 fully saturated rings. The van der Waals surface area contributed by atoms with Crippen molar-refractivity contribution in [1.82, 2.24) is 10.2 Å². The third kappa shape index (κ3) is 2.74. The van der Waals surface area contributed by atoms with Gasteiger partial charge in [-0.2, -0.15) is 0 Å². The summed E-state index contributed by atoms with van der Waals surface area (Å²) >= 11 is 3.45. The first-order valence-corrected chi connectivity index (χ1v) is 7.88. The number of rotatable bonds is 2. The highest BCUT2D eigenvalue weighted by atomic mass is 79.9. The summed E-state index contributed by atoms with van der Waals surface area (Å²) in [5.74, 6) is 0.479. The fraction of sp³-hybridized carbons (Fsp3) is 0.533. The number of nitrogens with one attached hydrogen (secondary N) is 1. The molecule has 2 saturated heterocycles. The number of piperidine rings is 2. The minimum Gasteiger partial charge on any atom is -0.335 e. The van der Waals surface area contributed by atoms with Gasteiger partial charge in [-0.15, -0.1) is 0 Å². The zero-order valence-corrected chi connectivity index (χ0v) is 12.8. The Hall–Kier alpha value is -0.940. The summed E-state index contributed by atoms with van der Waals surface area (Å²) in [6.45, 7) is 2.44. The number of carbonyl (C=O) groups is 1. The first-order chi connectivity index (χ1) is 9.65. The molecule has 0 bridgehead atoms. The number of fused-ring (bicyclic) bond motifs is 1. The highest BCUT2D eigenvalue weighted by molar-refractivity contribution is 9.10.